The average molecular weight is 604 g/mol. The Hall–Kier alpha value is -4.83. The molecule has 1 saturated heterocycles. The summed E-state index contributed by atoms with van der Waals surface area (Å²) in [5.41, 5.74) is 0.0247. The van der Waals surface area contributed by atoms with E-state index in [1.165, 1.54) is 23.1 Å². The number of amides is 2. The smallest absolute Gasteiger partial charge is 0.420 e. The number of carbonyl (C=O) groups excluding carboxylic acids is 3. The van der Waals surface area contributed by atoms with Gasteiger partial charge in [0.2, 0.25) is 5.78 Å². The molecule has 2 aromatic heterocycles. The second kappa shape index (κ2) is 12.8. The Morgan fingerprint density at radius 1 is 0.977 bits per heavy atom. The van der Waals surface area contributed by atoms with Crippen LogP contribution in [0.4, 0.5) is 15.4 Å². The molecule has 13 nitrogen and oxygen atoms in total. The molecule has 0 bridgehead atoms. The van der Waals surface area contributed by atoms with Crippen molar-refractivity contribution in [3.8, 4) is 17.5 Å². The number of ether oxygens (including phenoxy) is 3. The molecule has 0 radical (unpaired) electrons. The van der Waals surface area contributed by atoms with Crippen molar-refractivity contribution >= 4 is 23.8 Å². The van der Waals surface area contributed by atoms with E-state index in [1.54, 1.807) is 66.8 Å². The van der Waals surface area contributed by atoms with Crippen molar-refractivity contribution < 1.29 is 28.6 Å². The molecule has 1 fully saturated rings. The van der Waals surface area contributed by atoms with Crippen molar-refractivity contribution in [3.05, 3.63) is 59.0 Å². The molecule has 13 heteroatoms. The number of hydrogen-bond acceptors (Lipinski definition) is 11. The maximum absolute atomic E-state index is 13.8. The Labute approximate surface area is 256 Å². The fourth-order valence-corrected chi connectivity index (χ4v) is 4.34. The van der Waals surface area contributed by atoms with E-state index in [-0.39, 0.29) is 23.7 Å². The first-order valence-corrected chi connectivity index (χ1v) is 14.2. The van der Waals surface area contributed by atoms with E-state index < -0.39 is 23.4 Å². The van der Waals surface area contributed by atoms with Gasteiger partial charge in [-0.15, -0.1) is 0 Å². The summed E-state index contributed by atoms with van der Waals surface area (Å²) in [6.07, 6.45) is 1.17. The lowest BCUT2D eigenvalue weighted by Gasteiger charge is -2.28. The summed E-state index contributed by atoms with van der Waals surface area (Å²) >= 11 is 0. The van der Waals surface area contributed by atoms with E-state index in [0.717, 1.165) is 4.90 Å². The number of ketones is 1. The molecule has 1 aromatic carbocycles. The van der Waals surface area contributed by atoms with E-state index in [1.807, 2.05) is 4.90 Å². The van der Waals surface area contributed by atoms with Gasteiger partial charge in [-0.2, -0.15) is 10.4 Å². The number of nitriles is 1. The molecule has 0 atom stereocenters. The summed E-state index contributed by atoms with van der Waals surface area (Å²) in [6.45, 7) is 12.5. The zero-order chi connectivity index (χ0) is 32.2. The van der Waals surface area contributed by atoms with Gasteiger partial charge in [-0.1, -0.05) is 0 Å². The number of imide groups is 1. The number of rotatable bonds is 6. The number of hydrogen-bond donors (Lipinski definition) is 0. The van der Waals surface area contributed by atoms with Crippen LogP contribution in [0.3, 0.4) is 0 Å². The SMILES string of the molecule is Cn1nc(N2CCOCC2)cc1C(=O)c1cc(C#N)ccc1-c1ncc(CN(C(=O)OC(C)(C)C)C(=O)OC(C)(C)C)cn1. The van der Waals surface area contributed by atoms with Crippen LogP contribution in [0.15, 0.2) is 36.7 Å². The summed E-state index contributed by atoms with van der Waals surface area (Å²) in [4.78, 5) is 51.4. The van der Waals surface area contributed by atoms with Crippen LogP contribution in [-0.2, 0) is 27.8 Å². The van der Waals surface area contributed by atoms with E-state index in [2.05, 4.69) is 21.1 Å². The van der Waals surface area contributed by atoms with Crippen molar-refractivity contribution in [2.45, 2.75) is 59.3 Å². The molecule has 1 aliphatic rings. The number of nitrogens with zero attached hydrogens (tertiary/aromatic N) is 7. The normalized spacial score (nSPS) is 13.6. The van der Waals surface area contributed by atoms with Gasteiger partial charge in [0.1, 0.15) is 16.9 Å². The Kier molecular flexibility index (Phi) is 9.34. The Bertz CT molecular complexity index is 1540. The molecule has 1 aliphatic heterocycles. The first-order valence-electron chi connectivity index (χ1n) is 14.2. The van der Waals surface area contributed by atoms with E-state index in [9.17, 15) is 19.6 Å². The standard InChI is InChI=1S/C31H37N7O6/c1-30(2,3)43-28(40)38(29(41)44-31(4,5)6)19-21-17-33-27(34-18-21)22-9-8-20(16-32)14-23(22)26(39)24-15-25(35-36(24)7)37-10-12-42-13-11-37/h8-9,14-15,17-18H,10-13,19H2,1-7H3. The number of aryl methyl sites for hydroxylation is 1. The molecule has 0 aliphatic carbocycles. The number of benzene rings is 1. The minimum atomic E-state index is -0.872. The molecule has 0 spiro atoms. The zero-order valence-corrected chi connectivity index (χ0v) is 26.1. The fourth-order valence-electron chi connectivity index (χ4n) is 4.34. The highest BCUT2D eigenvalue weighted by molar-refractivity contribution is 6.12. The van der Waals surface area contributed by atoms with Gasteiger partial charge in [-0.05, 0) is 59.7 Å². The predicted octanol–water partition coefficient (Wildman–Crippen LogP) is 4.49. The van der Waals surface area contributed by atoms with E-state index in [4.69, 9.17) is 14.2 Å². The van der Waals surface area contributed by atoms with Crippen molar-refractivity contribution in [2.24, 2.45) is 7.05 Å². The number of morpholine rings is 1. The number of aromatic nitrogens is 4. The van der Waals surface area contributed by atoms with Gasteiger partial charge in [-0.3, -0.25) is 9.48 Å². The van der Waals surface area contributed by atoms with Crippen LogP contribution in [-0.4, -0.2) is 80.1 Å². The predicted molar refractivity (Wildman–Crippen MR) is 160 cm³/mol. The highest BCUT2D eigenvalue weighted by Gasteiger charge is 2.32. The third-order valence-corrected chi connectivity index (χ3v) is 6.34. The lowest BCUT2D eigenvalue weighted by atomic mass is 9.98. The molecular formula is C31H37N7O6. The minimum absolute atomic E-state index is 0.206. The van der Waals surface area contributed by atoms with Gasteiger partial charge in [-0.25, -0.2) is 24.5 Å². The largest absolute Gasteiger partial charge is 0.443 e. The molecule has 0 N–H and O–H groups in total. The number of carbonyl (C=O) groups is 3. The van der Waals surface area contributed by atoms with E-state index >= 15 is 0 Å². The maximum Gasteiger partial charge on any atom is 0.420 e. The summed E-state index contributed by atoms with van der Waals surface area (Å²) in [5, 5.41) is 14.1. The van der Waals surface area contributed by atoms with Gasteiger partial charge in [0.25, 0.3) is 0 Å². The lowest BCUT2D eigenvalue weighted by Crippen LogP contribution is -2.43. The Morgan fingerprint density at radius 2 is 1.57 bits per heavy atom. The maximum atomic E-state index is 13.8. The monoisotopic (exact) mass is 603 g/mol. The van der Waals surface area contributed by atoms with Crippen LogP contribution in [0.1, 0.15) is 68.7 Å². The quantitative estimate of drug-likeness (QED) is 0.366. The summed E-state index contributed by atoms with van der Waals surface area (Å²) in [6, 6.07) is 8.51. The highest BCUT2D eigenvalue weighted by atomic mass is 16.6. The molecule has 0 saturated carbocycles. The van der Waals surface area contributed by atoms with Crippen LogP contribution >= 0.6 is 0 Å². The summed E-state index contributed by atoms with van der Waals surface area (Å²) in [7, 11) is 1.69. The molecule has 2 amide bonds. The summed E-state index contributed by atoms with van der Waals surface area (Å²) in [5.74, 6) is 0.538. The van der Waals surface area contributed by atoms with Crippen molar-refractivity contribution in [1.29, 1.82) is 5.26 Å². The molecule has 44 heavy (non-hydrogen) atoms. The van der Waals surface area contributed by atoms with Gasteiger partial charge in [0, 0.05) is 55.3 Å². The second-order valence-corrected chi connectivity index (χ2v) is 12.3. The summed E-state index contributed by atoms with van der Waals surface area (Å²) < 4.78 is 17.8. The van der Waals surface area contributed by atoms with Gasteiger partial charge >= 0.3 is 12.2 Å². The van der Waals surface area contributed by atoms with Crippen LogP contribution in [0.5, 0.6) is 0 Å². The van der Waals surface area contributed by atoms with Crippen molar-refractivity contribution in [2.75, 3.05) is 31.2 Å². The minimum Gasteiger partial charge on any atom is -0.443 e. The third kappa shape index (κ3) is 7.96. The third-order valence-electron chi connectivity index (χ3n) is 6.34. The van der Waals surface area contributed by atoms with E-state index in [0.29, 0.717) is 54.5 Å². The molecule has 0 unspecified atom stereocenters. The van der Waals surface area contributed by atoms with Crippen LogP contribution in [0.2, 0.25) is 0 Å². The molecule has 232 valence electrons. The molecule has 3 heterocycles. The van der Waals surface area contributed by atoms with Crippen LogP contribution < -0.4 is 4.90 Å². The first kappa shape index (κ1) is 32.1. The molecule has 4 rings (SSSR count). The Morgan fingerprint density at radius 3 is 2.11 bits per heavy atom. The molecule has 3 aromatic rings. The van der Waals surface area contributed by atoms with Gasteiger partial charge in [0.15, 0.2) is 11.6 Å². The van der Waals surface area contributed by atoms with Crippen molar-refractivity contribution in [3.63, 3.8) is 0 Å². The topological polar surface area (TPSA) is 153 Å². The first-order chi connectivity index (χ1) is 20.6. The lowest BCUT2D eigenvalue weighted by molar-refractivity contribution is -0.000296. The van der Waals surface area contributed by atoms with Gasteiger partial charge in [0.05, 0.1) is 31.4 Å². The molecular weight excluding hydrogens is 566 g/mol. The Balaban J connectivity index is 1.63. The second-order valence-electron chi connectivity index (χ2n) is 12.3. The van der Waals surface area contributed by atoms with Gasteiger partial charge < -0.3 is 19.1 Å². The van der Waals surface area contributed by atoms with Crippen molar-refractivity contribution in [1.82, 2.24) is 24.6 Å². The zero-order valence-electron chi connectivity index (χ0n) is 26.1. The fraction of sp³-hybridized carbons (Fsp3) is 0.452. The highest BCUT2D eigenvalue weighted by Crippen LogP contribution is 2.26. The van der Waals surface area contributed by atoms with Crippen LogP contribution in [0.25, 0.3) is 11.4 Å². The number of anilines is 1. The van der Waals surface area contributed by atoms with Crippen LogP contribution in [0, 0.1) is 11.3 Å². The average Bonchev–Trinajstić information content (AvgIpc) is 3.35.